The lowest BCUT2D eigenvalue weighted by Gasteiger charge is -2.18. The number of nitrogens with zero attached hydrogens (tertiary/aromatic N) is 1. The van der Waals surface area contributed by atoms with Crippen molar-refractivity contribution in [1.29, 1.82) is 0 Å². The van der Waals surface area contributed by atoms with Crippen LogP contribution in [0.15, 0.2) is 36.5 Å². The monoisotopic (exact) mass is 307 g/mol. The molecule has 3 N–H and O–H groups in total. The Bertz CT molecular complexity index is 642. The second-order valence-electron chi connectivity index (χ2n) is 4.53. The van der Waals surface area contributed by atoms with Gasteiger partial charge < -0.3 is 15.7 Å². The Kier molecular flexibility index (Phi) is 5.00. The fraction of sp³-hybridized carbons (Fsp3) is 0.200. The van der Waals surface area contributed by atoms with E-state index in [4.69, 9.17) is 0 Å². The summed E-state index contributed by atoms with van der Waals surface area (Å²) in [4.78, 5) is 16.1. The minimum absolute atomic E-state index is 0.217. The van der Waals surface area contributed by atoms with Crippen LogP contribution >= 0.6 is 0 Å². The van der Waals surface area contributed by atoms with Gasteiger partial charge in [-0.2, -0.15) is 0 Å². The quantitative estimate of drug-likeness (QED) is 0.788. The molecule has 1 aromatic heterocycles. The Labute approximate surface area is 126 Å². The summed E-state index contributed by atoms with van der Waals surface area (Å²) in [6, 6.07) is 5.27. The zero-order valence-electron chi connectivity index (χ0n) is 11.8. The molecule has 0 radical (unpaired) electrons. The predicted molar refractivity (Wildman–Crippen MR) is 77.4 cm³/mol. The van der Waals surface area contributed by atoms with Gasteiger partial charge in [-0.15, -0.1) is 0 Å². The first-order valence-electron chi connectivity index (χ1n) is 6.56. The number of carbonyl (C=O) groups excluding carboxylic acids is 1. The summed E-state index contributed by atoms with van der Waals surface area (Å²) in [6.45, 7) is -0.633. The van der Waals surface area contributed by atoms with E-state index in [1.807, 2.05) is 0 Å². The van der Waals surface area contributed by atoms with Crippen LogP contribution in [0.2, 0.25) is 0 Å². The highest BCUT2D eigenvalue weighted by Gasteiger charge is 2.22. The molecule has 0 aliphatic heterocycles. The summed E-state index contributed by atoms with van der Waals surface area (Å²) in [6.07, 6.45) is 1.33. The van der Waals surface area contributed by atoms with Gasteiger partial charge >= 0.3 is 0 Å². The van der Waals surface area contributed by atoms with Crippen molar-refractivity contribution in [1.82, 2.24) is 10.3 Å². The van der Waals surface area contributed by atoms with Crippen LogP contribution in [-0.2, 0) is 0 Å². The molecule has 7 heteroatoms. The maximum atomic E-state index is 13.7. The summed E-state index contributed by atoms with van der Waals surface area (Å²) in [5, 5.41) is 14.5. The second kappa shape index (κ2) is 6.95. The maximum Gasteiger partial charge on any atom is 0.253 e. The highest BCUT2D eigenvalue weighted by molar-refractivity contribution is 5.94. The van der Waals surface area contributed by atoms with E-state index < -0.39 is 30.2 Å². The molecular formula is C15H15F2N3O2. The van der Waals surface area contributed by atoms with Crippen LogP contribution in [0.5, 0.6) is 0 Å². The molecule has 1 atom stereocenters. The number of nitrogens with one attached hydrogen (secondary N) is 2. The van der Waals surface area contributed by atoms with Gasteiger partial charge in [-0.1, -0.05) is 6.07 Å². The van der Waals surface area contributed by atoms with Crippen molar-refractivity contribution >= 4 is 11.7 Å². The van der Waals surface area contributed by atoms with Gasteiger partial charge in [-0.25, -0.2) is 13.8 Å². The smallest absolute Gasteiger partial charge is 0.253 e. The molecule has 0 aliphatic rings. The van der Waals surface area contributed by atoms with Crippen LogP contribution < -0.4 is 10.6 Å². The van der Waals surface area contributed by atoms with Crippen LogP contribution in [0.4, 0.5) is 14.6 Å². The molecule has 2 aromatic rings. The summed E-state index contributed by atoms with van der Waals surface area (Å²) in [5.41, 5.74) is -0.160. The molecule has 0 fully saturated rings. The minimum Gasteiger partial charge on any atom is -0.394 e. The zero-order valence-corrected chi connectivity index (χ0v) is 11.8. The number of amides is 1. The Morgan fingerprint density at radius 1 is 1.27 bits per heavy atom. The molecule has 5 nitrogen and oxygen atoms in total. The lowest BCUT2D eigenvalue weighted by atomic mass is 10.1. The van der Waals surface area contributed by atoms with E-state index in [1.165, 1.54) is 18.3 Å². The van der Waals surface area contributed by atoms with Crippen LogP contribution in [0.25, 0.3) is 0 Å². The molecule has 0 bridgehead atoms. The molecular weight excluding hydrogens is 292 g/mol. The maximum absolute atomic E-state index is 13.7. The molecule has 0 saturated carbocycles. The van der Waals surface area contributed by atoms with E-state index in [2.05, 4.69) is 15.6 Å². The fourth-order valence-corrected chi connectivity index (χ4v) is 1.97. The number of aliphatic hydroxyl groups excluding tert-OH is 1. The molecule has 22 heavy (non-hydrogen) atoms. The number of halogens is 2. The third-order valence-electron chi connectivity index (χ3n) is 3.12. The summed E-state index contributed by atoms with van der Waals surface area (Å²) < 4.78 is 27.4. The van der Waals surface area contributed by atoms with E-state index in [0.29, 0.717) is 5.82 Å². The Balaban J connectivity index is 2.20. The van der Waals surface area contributed by atoms with E-state index in [9.17, 15) is 18.7 Å². The van der Waals surface area contributed by atoms with Crippen LogP contribution in [-0.4, -0.2) is 29.7 Å². The van der Waals surface area contributed by atoms with Crippen molar-refractivity contribution in [3.63, 3.8) is 0 Å². The largest absolute Gasteiger partial charge is 0.394 e. The van der Waals surface area contributed by atoms with E-state index in [1.54, 1.807) is 13.1 Å². The molecule has 0 aliphatic carbocycles. The molecule has 2 rings (SSSR count). The van der Waals surface area contributed by atoms with Crippen molar-refractivity contribution in [3.8, 4) is 0 Å². The number of carbonyl (C=O) groups is 1. The van der Waals surface area contributed by atoms with E-state index in [0.717, 1.165) is 12.1 Å². The number of aromatic nitrogens is 1. The number of anilines is 1. The number of benzene rings is 1. The van der Waals surface area contributed by atoms with E-state index >= 15 is 0 Å². The summed E-state index contributed by atoms with van der Waals surface area (Å²) in [7, 11) is 1.69. The third-order valence-corrected chi connectivity index (χ3v) is 3.12. The Morgan fingerprint density at radius 3 is 2.45 bits per heavy atom. The lowest BCUT2D eigenvalue weighted by molar-refractivity contribution is 0.0913. The molecule has 0 unspecified atom stereocenters. The summed E-state index contributed by atoms with van der Waals surface area (Å²) in [5.74, 6) is -1.67. The first-order chi connectivity index (χ1) is 10.6. The van der Waals surface area contributed by atoms with Gasteiger partial charge in [0.05, 0.1) is 18.2 Å². The average Bonchev–Trinajstić information content (AvgIpc) is 2.53. The number of pyridine rings is 1. The molecule has 1 aromatic carbocycles. The van der Waals surface area contributed by atoms with Gasteiger partial charge in [0, 0.05) is 18.8 Å². The number of aliphatic hydroxyl groups is 1. The molecule has 116 valence electrons. The van der Waals surface area contributed by atoms with Crippen molar-refractivity contribution in [2.24, 2.45) is 0 Å². The molecule has 1 amide bonds. The normalized spacial score (nSPS) is 11.8. The fourth-order valence-electron chi connectivity index (χ4n) is 1.97. The van der Waals surface area contributed by atoms with Crippen molar-refractivity contribution in [2.75, 3.05) is 19.0 Å². The highest BCUT2D eigenvalue weighted by atomic mass is 19.1. The zero-order chi connectivity index (χ0) is 16.1. The van der Waals surface area contributed by atoms with Crippen molar-refractivity contribution in [3.05, 3.63) is 59.3 Å². The molecule has 0 saturated heterocycles. The van der Waals surface area contributed by atoms with E-state index in [-0.39, 0.29) is 11.1 Å². The first-order valence-corrected chi connectivity index (χ1v) is 6.56. The van der Waals surface area contributed by atoms with Crippen LogP contribution in [0, 0.1) is 11.6 Å². The van der Waals surface area contributed by atoms with Crippen molar-refractivity contribution < 1.29 is 18.7 Å². The molecule has 0 spiro atoms. The third kappa shape index (κ3) is 3.37. The van der Waals surface area contributed by atoms with Gasteiger partial charge in [0.25, 0.3) is 5.91 Å². The second-order valence-corrected chi connectivity index (χ2v) is 4.53. The average molecular weight is 307 g/mol. The Hall–Kier alpha value is -2.54. The topological polar surface area (TPSA) is 74.2 Å². The first kappa shape index (κ1) is 15.8. The van der Waals surface area contributed by atoms with Gasteiger partial charge in [-0.3, -0.25) is 4.79 Å². The van der Waals surface area contributed by atoms with Gasteiger partial charge in [0.1, 0.15) is 17.5 Å². The predicted octanol–water partition coefficient (Wildman–Crippen LogP) is 1.86. The van der Waals surface area contributed by atoms with Crippen molar-refractivity contribution in [2.45, 2.75) is 6.04 Å². The SMILES string of the molecule is CNc1ccc(C(=O)N[C@@H](CO)c2c(F)cccc2F)cn1. The van der Waals surface area contributed by atoms with Crippen LogP contribution in [0.1, 0.15) is 22.0 Å². The molecule has 1 heterocycles. The summed E-state index contributed by atoms with van der Waals surface area (Å²) >= 11 is 0. The van der Waals surface area contributed by atoms with Crippen LogP contribution in [0.3, 0.4) is 0 Å². The van der Waals surface area contributed by atoms with Gasteiger partial charge in [0.2, 0.25) is 0 Å². The van der Waals surface area contributed by atoms with Gasteiger partial charge in [0.15, 0.2) is 0 Å². The Morgan fingerprint density at radius 2 is 1.95 bits per heavy atom. The number of hydrogen-bond donors (Lipinski definition) is 3. The number of rotatable bonds is 5. The highest BCUT2D eigenvalue weighted by Crippen LogP contribution is 2.21. The number of hydrogen-bond acceptors (Lipinski definition) is 4. The lowest BCUT2D eigenvalue weighted by Crippen LogP contribution is -2.32. The van der Waals surface area contributed by atoms with Gasteiger partial charge in [-0.05, 0) is 24.3 Å². The standard InChI is InChI=1S/C15H15F2N3O2/c1-18-13-6-5-9(7-19-13)15(22)20-12(8-21)14-10(16)3-2-4-11(14)17/h2-7,12,21H,8H2,1H3,(H,18,19)(H,20,22)/t12-/m0/s1. The minimum atomic E-state index is -1.18.